The Morgan fingerprint density at radius 3 is 1.14 bits per heavy atom. The molecule has 0 nitrogen and oxygen atoms in total. The highest BCUT2D eigenvalue weighted by atomic mass is 14.1. The van der Waals surface area contributed by atoms with Crippen molar-refractivity contribution in [1.29, 1.82) is 0 Å². The fourth-order valence-electron chi connectivity index (χ4n) is 3.30. The average molecular weight is 297 g/mol. The van der Waals surface area contributed by atoms with Crippen molar-refractivity contribution in [2.45, 2.75) is 124 Å². The van der Waals surface area contributed by atoms with Gasteiger partial charge in [-0.05, 0) is 11.8 Å². The molecule has 0 fully saturated rings. The van der Waals surface area contributed by atoms with Gasteiger partial charge in [0.05, 0.1) is 0 Å². The van der Waals surface area contributed by atoms with E-state index in [2.05, 4.69) is 27.7 Å². The van der Waals surface area contributed by atoms with Crippen LogP contribution in [-0.4, -0.2) is 0 Å². The van der Waals surface area contributed by atoms with Crippen molar-refractivity contribution >= 4 is 0 Å². The molecule has 0 radical (unpaired) electrons. The van der Waals surface area contributed by atoms with Crippen molar-refractivity contribution in [2.24, 2.45) is 11.8 Å². The van der Waals surface area contributed by atoms with Crippen molar-refractivity contribution in [3.63, 3.8) is 0 Å². The molecule has 0 heteroatoms. The zero-order chi connectivity index (χ0) is 15.8. The molecule has 0 saturated heterocycles. The highest BCUT2D eigenvalue weighted by Crippen LogP contribution is 2.21. The van der Waals surface area contributed by atoms with E-state index in [1.54, 1.807) is 0 Å². The van der Waals surface area contributed by atoms with Gasteiger partial charge in [0.2, 0.25) is 0 Å². The topological polar surface area (TPSA) is 0 Å². The average Bonchev–Trinajstić information content (AvgIpc) is 2.47. The van der Waals surface area contributed by atoms with Crippen LogP contribution in [0.5, 0.6) is 0 Å². The van der Waals surface area contributed by atoms with Gasteiger partial charge in [-0.2, -0.15) is 0 Å². The first-order valence-electron chi connectivity index (χ1n) is 10.2. The van der Waals surface area contributed by atoms with Gasteiger partial charge in [0, 0.05) is 0 Å². The molecule has 0 amide bonds. The summed E-state index contributed by atoms with van der Waals surface area (Å²) < 4.78 is 0. The molecular formula is C21H44. The van der Waals surface area contributed by atoms with Gasteiger partial charge in [-0.15, -0.1) is 0 Å². The van der Waals surface area contributed by atoms with E-state index < -0.39 is 0 Å². The molecule has 0 heterocycles. The van der Waals surface area contributed by atoms with Crippen LogP contribution < -0.4 is 0 Å². The van der Waals surface area contributed by atoms with Crippen LogP contribution in [0, 0.1) is 11.8 Å². The maximum atomic E-state index is 2.47. The van der Waals surface area contributed by atoms with Crippen molar-refractivity contribution in [3.05, 3.63) is 0 Å². The number of unbranched alkanes of at least 4 members (excludes halogenated alkanes) is 8. The van der Waals surface area contributed by atoms with Crippen molar-refractivity contribution in [3.8, 4) is 0 Å². The third-order valence-corrected chi connectivity index (χ3v) is 4.99. The Hall–Kier alpha value is 0. The van der Waals surface area contributed by atoms with Crippen LogP contribution in [0.25, 0.3) is 0 Å². The van der Waals surface area contributed by atoms with Crippen LogP contribution in [-0.2, 0) is 0 Å². The minimum absolute atomic E-state index is 0.961. The largest absolute Gasteiger partial charge is 0.0654 e. The molecule has 0 aliphatic carbocycles. The van der Waals surface area contributed by atoms with E-state index in [0.29, 0.717) is 0 Å². The molecule has 21 heavy (non-hydrogen) atoms. The lowest BCUT2D eigenvalue weighted by Crippen LogP contribution is -1.99. The van der Waals surface area contributed by atoms with Crippen molar-refractivity contribution in [2.75, 3.05) is 0 Å². The Kier molecular flexibility index (Phi) is 16.4. The lowest BCUT2D eigenvalue weighted by atomic mass is 9.92. The smallest absolute Gasteiger partial charge is 0.0443 e. The van der Waals surface area contributed by atoms with Crippen LogP contribution in [0.15, 0.2) is 0 Å². The summed E-state index contributed by atoms with van der Waals surface area (Å²) >= 11 is 0. The van der Waals surface area contributed by atoms with Crippen LogP contribution in [0.3, 0.4) is 0 Å². The molecule has 0 N–H and O–H groups in total. The number of hydrogen-bond donors (Lipinski definition) is 0. The van der Waals surface area contributed by atoms with E-state index in [0.717, 1.165) is 11.8 Å². The van der Waals surface area contributed by atoms with E-state index in [1.807, 2.05) is 0 Å². The van der Waals surface area contributed by atoms with Gasteiger partial charge in [0.15, 0.2) is 0 Å². The molecule has 0 rings (SSSR count). The van der Waals surface area contributed by atoms with Gasteiger partial charge in [0.25, 0.3) is 0 Å². The van der Waals surface area contributed by atoms with E-state index in [4.69, 9.17) is 0 Å². The van der Waals surface area contributed by atoms with Gasteiger partial charge in [-0.25, -0.2) is 0 Å². The maximum Gasteiger partial charge on any atom is -0.0443 e. The van der Waals surface area contributed by atoms with Crippen LogP contribution in [0.1, 0.15) is 124 Å². The summed E-state index contributed by atoms with van der Waals surface area (Å²) in [6, 6.07) is 0. The summed E-state index contributed by atoms with van der Waals surface area (Å²) in [4.78, 5) is 0. The Bertz CT molecular complexity index is 164. The second kappa shape index (κ2) is 16.4. The van der Waals surface area contributed by atoms with Gasteiger partial charge >= 0.3 is 0 Å². The van der Waals surface area contributed by atoms with E-state index in [-0.39, 0.29) is 0 Å². The van der Waals surface area contributed by atoms with Gasteiger partial charge in [-0.3, -0.25) is 0 Å². The fraction of sp³-hybridized carbons (Fsp3) is 1.00. The molecule has 0 aliphatic heterocycles. The molecule has 128 valence electrons. The minimum Gasteiger partial charge on any atom is -0.0654 e. The second-order valence-electron chi connectivity index (χ2n) is 7.55. The first kappa shape index (κ1) is 21.0. The summed E-state index contributed by atoms with van der Waals surface area (Å²) in [5, 5.41) is 0. The molecule has 0 aromatic carbocycles. The summed E-state index contributed by atoms with van der Waals surface area (Å²) in [5.41, 5.74) is 0. The molecule has 0 bridgehead atoms. The van der Waals surface area contributed by atoms with E-state index in [1.165, 1.54) is 96.3 Å². The third-order valence-electron chi connectivity index (χ3n) is 4.99. The maximum absolute atomic E-state index is 2.47. The molecule has 0 aromatic rings. The molecule has 0 aliphatic rings. The predicted molar refractivity (Wildman–Crippen MR) is 98.9 cm³/mol. The zero-order valence-corrected chi connectivity index (χ0v) is 15.8. The quantitative estimate of drug-likeness (QED) is 0.252. The fourth-order valence-corrected chi connectivity index (χ4v) is 3.30. The normalized spacial score (nSPS) is 14.3. The van der Waals surface area contributed by atoms with Crippen LogP contribution in [0.4, 0.5) is 0 Å². The predicted octanol–water partition coefficient (Wildman–Crippen LogP) is 8.15. The van der Waals surface area contributed by atoms with Gasteiger partial charge in [0.1, 0.15) is 0 Å². The molecule has 0 spiro atoms. The number of hydrogen-bond acceptors (Lipinski definition) is 0. The molecule has 0 aromatic heterocycles. The van der Waals surface area contributed by atoms with Crippen LogP contribution >= 0.6 is 0 Å². The van der Waals surface area contributed by atoms with Crippen LogP contribution in [0.2, 0.25) is 0 Å². The van der Waals surface area contributed by atoms with Crippen molar-refractivity contribution in [1.82, 2.24) is 0 Å². The Morgan fingerprint density at radius 1 is 0.429 bits per heavy atom. The first-order valence-corrected chi connectivity index (χ1v) is 10.2. The molecule has 0 saturated carbocycles. The molecular weight excluding hydrogens is 252 g/mol. The van der Waals surface area contributed by atoms with E-state index >= 15 is 0 Å². The van der Waals surface area contributed by atoms with Gasteiger partial charge in [-0.1, -0.05) is 124 Å². The third kappa shape index (κ3) is 16.2. The first-order chi connectivity index (χ1) is 10.2. The second-order valence-corrected chi connectivity index (χ2v) is 7.55. The summed E-state index contributed by atoms with van der Waals surface area (Å²) in [5.74, 6) is 1.92. The van der Waals surface area contributed by atoms with Gasteiger partial charge < -0.3 is 0 Å². The standard InChI is InChI=1S/C21H44/c1-5-7-9-11-13-16-20(3)18-15-19-21(4)17-14-12-10-8-6-2/h20-21H,5-19H2,1-4H3. The highest BCUT2D eigenvalue weighted by molar-refractivity contribution is 4.59. The molecule has 2 atom stereocenters. The summed E-state index contributed by atoms with van der Waals surface area (Å²) in [6.45, 7) is 9.53. The lowest BCUT2D eigenvalue weighted by molar-refractivity contribution is 0.391. The zero-order valence-electron chi connectivity index (χ0n) is 15.8. The molecule has 2 unspecified atom stereocenters. The SMILES string of the molecule is CCCCCCCC(C)CCCC(C)CCCCCCC. The highest BCUT2D eigenvalue weighted by Gasteiger charge is 2.05. The van der Waals surface area contributed by atoms with E-state index in [9.17, 15) is 0 Å². The number of rotatable bonds is 16. The lowest BCUT2D eigenvalue weighted by Gasteiger charge is -2.14. The Labute approximate surface area is 136 Å². The summed E-state index contributed by atoms with van der Waals surface area (Å²) in [7, 11) is 0. The Balaban J connectivity index is 3.30. The van der Waals surface area contributed by atoms with Crippen molar-refractivity contribution < 1.29 is 0 Å². The monoisotopic (exact) mass is 296 g/mol. The Morgan fingerprint density at radius 2 is 0.762 bits per heavy atom. The summed E-state index contributed by atoms with van der Waals surface area (Å²) in [6.07, 6.45) is 21.7. The minimum atomic E-state index is 0.961.